The van der Waals surface area contributed by atoms with E-state index in [0.717, 1.165) is 19.3 Å². The van der Waals surface area contributed by atoms with E-state index in [1.54, 1.807) is 6.92 Å². The van der Waals surface area contributed by atoms with Crippen molar-refractivity contribution in [1.29, 1.82) is 0 Å². The van der Waals surface area contributed by atoms with E-state index in [0.29, 0.717) is 30.3 Å². The van der Waals surface area contributed by atoms with Gasteiger partial charge in [-0.2, -0.15) is 0 Å². The van der Waals surface area contributed by atoms with Crippen LogP contribution in [0.4, 0.5) is 0 Å². The SMILES string of the molecule is C=C(C=O)[C@H]1C[C@]2(C)C(=CC1=O)[C@@H](OC(=O)/C(C)=C/C(C)CCCC)CC[C@H]2C(=O)OC. The summed E-state index contributed by atoms with van der Waals surface area (Å²) in [5.74, 6) is -1.94. The number of aldehydes is 1. The summed E-state index contributed by atoms with van der Waals surface area (Å²) in [6.45, 7) is 11.6. The molecule has 0 aromatic rings. The molecule has 32 heavy (non-hydrogen) atoms. The number of ether oxygens (including phenoxy) is 2. The van der Waals surface area contributed by atoms with Crippen molar-refractivity contribution in [3.8, 4) is 0 Å². The molecule has 0 heterocycles. The van der Waals surface area contributed by atoms with E-state index in [9.17, 15) is 19.2 Å². The largest absolute Gasteiger partial charge is 0.469 e. The molecule has 0 aromatic carbocycles. The fourth-order valence-corrected chi connectivity index (χ4v) is 5.02. The zero-order valence-electron chi connectivity index (χ0n) is 19.9. The Morgan fingerprint density at radius 3 is 2.62 bits per heavy atom. The Hall–Kier alpha value is -2.50. The summed E-state index contributed by atoms with van der Waals surface area (Å²) >= 11 is 0. The minimum Gasteiger partial charge on any atom is -0.469 e. The Kier molecular flexibility index (Phi) is 8.76. The Morgan fingerprint density at radius 2 is 2.03 bits per heavy atom. The third kappa shape index (κ3) is 5.45. The zero-order chi connectivity index (χ0) is 24.1. The lowest BCUT2D eigenvalue weighted by atomic mass is 9.56. The molecule has 1 saturated carbocycles. The van der Waals surface area contributed by atoms with Gasteiger partial charge in [0.15, 0.2) is 5.78 Å². The first-order valence-corrected chi connectivity index (χ1v) is 11.5. The van der Waals surface area contributed by atoms with Gasteiger partial charge in [-0.1, -0.05) is 46.3 Å². The molecule has 0 N–H and O–H groups in total. The number of fused-ring (bicyclic) bond motifs is 1. The minimum absolute atomic E-state index is 0.189. The molecule has 176 valence electrons. The average molecular weight is 445 g/mol. The third-order valence-corrected chi connectivity index (χ3v) is 6.97. The van der Waals surface area contributed by atoms with Crippen molar-refractivity contribution in [2.24, 2.45) is 23.2 Å². The van der Waals surface area contributed by atoms with E-state index in [4.69, 9.17) is 9.47 Å². The summed E-state index contributed by atoms with van der Waals surface area (Å²) in [4.78, 5) is 49.4. The molecule has 2 aliphatic rings. The normalized spacial score (nSPS) is 28.8. The van der Waals surface area contributed by atoms with Crippen LogP contribution in [0.1, 0.15) is 66.2 Å². The number of carbonyl (C=O) groups is 4. The highest BCUT2D eigenvalue weighted by Gasteiger charge is 2.53. The molecule has 0 amide bonds. The van der Waals surface area contributed by atoms with Gasteiger partial charge in [0.1, 0.15) is 12.4 Å². The van der Waals surface area contributed by atoms with E-state index in [1.165, 1.54) is 13.2 Å². The Balaban J connectivity index is 2.33. The van der Waals surface area contributed by atoms with Gasteiger partial charge in [-0.05, 0) is 55.7 Å². The fraction of sp³-hybridized carbons (Fsp3) is 0.615. The van der Waals surface area contributed by atoms with Crippen LogP contribution in [0.15, 0.2) is 35.5 Å². The van der Waals surface area contributed by atoms with E-state index in [2.05, 4.69) is 20.4 Å². The van der Waals surface area contributed by atoms with Gasteiger partial charge >= 0.3 is 11.9 Å². The zero-order valence-corrected chi connectivity index (χ0v) is 19.9. The van der Waals surface area contributed by atoms with Crippen molar-refractivity contribution in [1.82, 2.24) is 0 Å². The quantitative estimate of drug-likeness (QED) is 0.295. The molecular formula is C26H36O6. The lowest BCUT2D eigenvalue weighted by Crippen LogP contribution is -2.49. The second kappa shape index (κ2) is 10.9. The summed E-state index contributed by atoms with van der Waals surface area (Å²) in [5, 5.41) is 0. The number of allylic oxidation sites excluding steroid dienone is 3. The monoisotopic (exact) mass is 444 g/mol. The third-order valence-electron chi connectivity index (χ3n) is 6.97. The Morgan fingerprint density at radius 1 is 1.34 bits per heavy atom. The molecule has 1 fully saturated rings. The summed E-state index contributed by atoms with van der Waals surface area (Å²) in [6, 6.07) is 0. The highest BCUT2D eigenvalue weighted by molar-refractivity contribution is 6.00. The Bertz CT molecular complexity index is 835. The van der Waals surface area contributed by atoms with Crippen molar-refractivity contribution < 1.29 is 28.7 Å². The number of unbranched alkanes of at least 4 members (excludes halogenated alkanes) is 1. The first kappa shape index (κ1) is 25.8. The lowest BCUT2D eigenvalue weighted by Gasteiger charge is -2.48. The molecule has 0 aromatic heterocycles. The van der Waals surface area contributed by atoms with E-state index in [-0.39, 0.29) is 29.7 Å². The molecule has 0 spiro atoms. The van der Waals surface area contributed by atoms with Crippen LogP contribution in [0.3, 0.4) is 0 Å². The summed E-state index contributed by atoms with van der Waals surface area (Å²) in [5.41, 5.74) is 0.584. The molecule has 0 saturated heterocycles. The van der Waals surface area contributed by atoms with Gasteiger partial charge in [-0.25, -0.2) is 4.79 Å². The summed E-state index contributed by atoms with van der Waals surface area (Å²) in [6.07, 6.45) is 7.73. The molecule has 1 unspecified atom stereocenters. The lowest BCUT2D eigenvalue weighted by molar-refractivity contribution is -0.155. The number of hydrogen-bond donors (Lipinski definition) is 0. The van der Waals surface area contributed by atoms with Crippen LogP contribution in [-0.2, 0) is 28.7 Å². The fourth-order valence-electron chi connectivity index (χ4n) is 5.02. The number of carbonyl (C=O) groups excluding carboxylic acids is 4. The van der Waals surface area contributed by atoms with Crippen molar-refractivity contribution in [2.45, 2.75) is 72.3 Å². The van der Waals surface area contributed by atoms with E-state index < -0.39 is 29.3 Å². The maximum atomic E-state index is 12.8. The van der Waals surface area contributed by atoms with Crippen LogP contribution in [0, 0.1) is 23.2 Å². The van der Waals surface area contributed by atoms with Gasteiger partial charge in [0.05, 0.1) is 18.9 Å². The topological polar surface area (TPSA) is 86.7 Å². The predicted molar refractivity (Wildman–Crippen MR) is 122 cm³/mol. The van der Waals surface area contributed by atoms with Crippen molar-refractivity contribution in [3.05, 3.63) is 35.5 Å². The standard InChI is InChI=1S/C26H36O6/c1-7-8-9-16(2)12-17(3)24(29)32-23-11-10-20(25(30)31-6)26(5)14-19(18(4)15-27)22(28)13-21(23)26/h12-13,15-16,19-20,23H,4,7-11,14H2,1-3,5-6H3/b17-12+/t16?,19-,20+,23+,26+/m1/s1. The number of ketones is 1. The molecule has 5 atom stereocenters. The average Bonchev–Trinajstić information content (AvgIpc) is 2.76. The van der Waals surface area contributed by atoms with E-state index >= 15 is 0 Å². The van der Waals surface area contributed by atoms with Gasteiger partial charge in [0.25, 0.3) is 0 Å². The van der Waals surface area contributed by atoms with Crippen LogP contribution in [0.5, 0.6) is 0 Å². The second-order valence-electron chi connectivity index (χ2n) is 9.39. The molecular weight excluding hydrogens is 408 g/mol. The van der Waals surface area contributed by atoms with Crippen molar-refractivity contribution in [3.63, 3.8) is 0 Å². The Labute approximate surface area is 191 Å². The number of methoxy groups -OCH3 is 1. The van der Waals surface area contributed by atoms with Crippen LogP contribution >= 0.6 is 0 Å². The molecule has 2 aliphatic carbocycles. The van der Waals surface area contributed by atoms with Crippen LogP contribution in [0.2, 0.25) is 0 Å². The predicted octanol–water partition coefficient (Wildman–Crippen LogP) is 4.53. The van der Waals surface area contributed by atoms with Gasteiger partial charge in [-0.3, -0.25) is 14.4 Å². The molecule has 0 radical (unpaired) electrons. The first-order valence-electron chi connectivity index (χ1n) is 11.5. The smallest absolute Gasteiger partial charge is 0.333 e. The molecule has 0 bridgehead atoms. The maximum Gasteiger partial charge on any atom is 0.333 e. The summed E-state index contributed by atoms with van der Waals surface area (Å²) in [7, 11) is 1.34. The maximum absolute atomic E-state index is 12.8. The highest BCUT2D eigenvalue weighted by atomic mass is 16.5. The van der Waals surface area contributed by atoms with Crippen LogP contribution in [0.25, 0.3) is 0 Å². The van der Waals surface area contributed by atoms with Crippen LogP contribution < -0.4 is 0 Å². The molecule has 6 heteroatoms. The highest BCUT2D eigenvalue weighted by Crippen LogP contribution is 2.53. The summed E-state index contributed by atoms with van der Waals surface area (Å²) < 4.78 is 10.9. The van der Waals surface area contributed by atoms with Crippen molar-refractivity contribution >= 4 is 24.0 Å². The van der Waals surface area contributed by atoms with E-state index in [1.807, 2.05) is 13.0 Å². The van der Waals surface area contributed by atoms with Gasteiger partial charge in [0.2, 0.25) is 0 Å². The second-order valence-corrected chi connectivity index (χ2v) is 9.39. The molecule has 6 nitrogen and oxygen atoms in total. The number of rotatable bonds is 9. The minimum atomic E-state index is -0.771. The number of esters is 2. The van der Waals surface area contributed by atoms with Crippen LogP contribution in [-0.4, -0.2) is 37.2 Å². The number of hydrogen-bond acceptors (Lipinski definition) is 6. The van der Waals surface area contributed by atoms with Gasteiger partial charge < -0.3 is 9.47 Å². The van der Waals surface area contributed by atoms with Crippen molar-refractivity contribution in [2.75, 3.05) is 7.11 Å². The van der Waals surface area contributed by atoms with Gasteiger partial charge in [0, 0.05) is 11.0 Å². The first-order chi connectivity index (χ1) is 15.1. The molecule has 2 rings (SSSR count). The van der Waals surface area contributed by atoms with Gasteiger partial charge in [-0.15, -0.1) is 0 Å². The molecule has 0 aliphatic heterocycles.